The lowest BCUT2D eigenvalue weighted by atomic mass is 9.99. The second-order valence-electron chi connectivity index (χ2n) is 7.43. The average Bonchev–Trinajstić information content (AvgIpc) is 2.79. The van der Waals surface area contributed by atoms with Crippen LogP contribution in [-0.4, -0.2) is 25.8 Å². The molecular formula is C24H24ClNO4. The SMILES string of the molecule is CCOc1c(N2CCC(OC(c3ccccc3)c3ccc(Cl)cc3)CC2)c(=O)c1=O. The van der Waals surface area contributed by atoms with E-state index in [0.29, 0.717) is 30.4 Å². The number of rotatable bonds is 7. The molecule has 1 saturated heterocycles. The van der Waals surface area contributed by atoms with Crippen molar-refractivity contribution in [3.8, 4) is 5.75 Å². The summed E-state index contributed by atoms with van der Waals surface area (Å²) < 4.78 is 11.9. The van der Waals surface area contributed by atoms with Crippen LogP contribution in [0.5, 0.6) is 5.75 Å². The number of benzene rings is 2. The van der Waals surface area contributed by atoms with Crippen molar-refractivity contribution in [3.05, 3.63) is 91.2 Å². The predicted octanol–water partition coefficient (Wildman–Crippen LogP) is 4.11. The molecule has 1 heterocycles. The molecule has 0 saturated carbocycles. The van der Waals surface area contributed by atoms with Crippen LogP contribution in [0.4, 0.5) is 5.69 Å². The zero-order chi connectivity index (χ0) is 21.1. The van der Waals surface area contributed by atoms with Gasteiger partial charge in [0, 0.05) is 18.1 Å². The Morgan fingerprint density at radius 3 is 2.23 bits per heavy atom. The Morgan fingerprint density at radius 1 is 0.967 bits per heavy atom. The molecule has 3 aromatic rings. The van der Waals surface area contributed by atoms with Crippen molar-refractivity contribution in [1.29, 1.82) is 0 Å². The highest BCUT2D eigenvalue weighted by Crippen LogP contribution is 2.32. The van der Waals surface area contributed by atoms with Crippen LogP contribution in [0.1, 0.15) is 37.0 Å². The number of hydrogen-bond donors (Lipinski definition) is 0. The van der Waals surface area contributed by atoms with Gasteiger partial charge in [-0.25, -0.2) is 0 Å². The van der Waals surface area contributed by atoms with Gasteiger partial charge in [0.15, 0.2) is 5.75 Å². The van der Waals surface area contributed by atoms with Crippen LogP contribution in [0.3, 0.4) is 0 Å². The quantitative estimate of drug-likeness (QED) is 0.533. The summed E-state index contributed by atoms with van der Waals surface area (Å²) in [5.74, 6) is 0.213. The summed E-state index contributed by atoms with van der Waals surface area (Å²) in [6, 6.07) is 17.9. The minimum Gasteiger partial charge on any atom is -0.488 e. The standard InChI is InChI=1S/C24H24ClNO4/c1-2-29-24-20(21(27)22(24)28)26-14-12-19(13-15-26)30-23(16-6-4-3-5-7-16)17-8-10-18(25)11-9-17/h3-11,19,23H,2,12-15H2,1H3. The smallest absolute Gasteiger partial charge is 0.272 e. The second-order valence-corrected chi connectivity index (χ2v) is 7.87. The van der Waals surface area contributed by atoms with Crippen LogP contribution in [0, 0.1) is 0 Å². The Kier molecular flexibility index (Phi) is 6.21. The van der Waals surface area contributed by atoms with Gasteiger partial charge in [-0.2, -0.15) is 0 Å². The third-order valence-corrected chi connectivity index (χ3v) is 5.75. The molecule has 156 valence electrons. The molecule has 5 nitrogen and oxygen atoms in total. The fourth-order valence-electron chi connectivity index (χ4n) is 3.95. The van der Waals surface area contributed by atoms with E-state index < -0.39 is 10.9 Å². The van der Waals surface area contributed by atoms with Crippen LogP contribution in [0.2, 0.25) is 5.02 Å². The Morgan fingerprint density at radius 2 is 1.60 bits per heavy atom. The first kappa shape index (κ1) is 20.6. The van der Waals surface area contributed by atoms with Gasteiger partial charge in [-0.3, -0.25) is 9.59 Å². The molecule has 1 aliphatic rings. The van der Waals surface area contributed by atoms with Gasteiger partial charge in [0.05, 0.1) is 12.7 Å². The highest BCUT2D eigenvalue weighted by atomic mass is 35.5. The first-order valence-corrected chi connectivity index (χ1v) is 10.6. The van der Waals surface area contributed by atoms with Crippen molar-refractivity contribution in [2.45, 2.75) is 32.0 Å². The molecule has 3 aromatic carbocycles. The maximum absolute atomic E-state index is 12.0. The first-order chi connectivity index (χ1) is 14.6. The molecule has 0 amide bonds. The maximum Gasteiger partial charge on any atom is 0.272 e. The minimum absolute atomic E-state index is 0.0455. The summed E-state index contributed by atoms with van der Waals surface area (Å²) >= 11 is 6.06. The van der Waals surface area contributed by atoms with Crippen LogP contribution in [0.25, 0.3) is 0 Å². The maximum atomic E-state index is 12.0. The predicted molar refractivity (Wildman–Crippen MR) is 119 cm³/mol. The van der Waals surface area contributed by atoms with Gasteiger partial charge in [0.2, 0.25) is 0 Å². The molecular weight excluding hydrogens is 402 g/mol. The third kappa shape index (κ3) is 4.13. The molecule has 0 radical (unpaired) electrons. The molecule has 4 rings (SSSR count). The number of nitrogens with zero attached hydrogens (tertiary/aromatic N) is 1. The lowest BCUT2D eigenvalue weighted by Crippen LogP contribution is -2.46. The lowest BCUT2D eigenvalue weighted by Gasteiger charge is -2.36. The van der Waals surface area contributed by atoms with Crippen LogP contribution in [-0.2, 0) is 4.74 Å². The van der Waals surface area contributed by atoms with Gasteiger partial charge < -0.3 is 14.4 Å². The van der Waals surface area contributed by atoms with Crippen molar-refractivity contribution in [2.75, 3.05) is 24.6 Å². The van der Waals surface area contributed by atoms with Crippen LogP contribution < -0.4 is 20.5 Å². The molecule has 6 heteroatoms. The van der Waals surface area contributed by atoms with Gasteiger partial charge in [-0.1, -0.05) is 54.1 Å². The topological polar surface area (TPSA) is 55.8 Å². The van der Waals surface area contributed by atoms with E-state index in [1.807, 2.05) is 47.4 Å². The zero-order valence-electron chi connectivity index (χ0n) is 16.8. The molecule has 0 aromatic heterocycles. The molecule has 0 bridgehead atoms. The number of halogens is 1. The first-order valence-electron chi connectivity index (χ1n) is 10.3. The molecule has 1 unspecified atom stereocenters. The van der Waals surface area contributed by atoms with Gasteiger partial charge >= 0.3 is 0 Å². The van der Waals surface area contributed by atoms with Gasteiger partial charge in [0.1, 0.15) is 11.8 Å². The van der Waals surface area contributed by atoms with E-state index in [1.165, 1.54) is 0 Å². The molecule has 1 aliphatic heterocycles. The second kappa shape index (κ2) is 9.02. The van der Waals surface area contributed by atoms with Crippen LogP contribution in [0.15, 0.2) is 64.2 Å². The summed E-state index contributed by atoms with van der Waals surface area (Å²) in [5.41, 5.74) is 1.60. The average molecular weight is 426 g/mol. The van der Waals surface area contributed by atoms with Gasteiger partial charge in [-0.05, 0) is 43.0 Å². The van der Waals surface area contributed by atoms with Crippen molar-refractivity contribution < 1.29 is 9.47 Å². The largest absolute Gasteiger partial charge is 0.488 e. The fourth-order valence-corrected chi connectivity index (χ4v) is 4.07. The third-order valence-electron chi connectivity index (χ3n) is 5.49. The van der Waals surface area contributed by atoms with Gasteiger partial charge in [0.25, 0.3) is 10.9 Å². The van der Waals surface area contributed by atoms with Crippen LogP contribution >= 0.6 is 11.6 Å². The Bertz CT molecular complexity index is 1050. The lowest BCUT2D eigenvalue weighted by molar-refractivity contribution is -0.00489. The minimum atomic E-state index is -0.517. The van der Waals surface area contributed by atoms with E-state index in [2.05, 4.69) is 12.1 Å². The fraction of sp³-hybridized carbons (Fsp3) is 0.333. The summed E-state index contributed by atoms with van der Waals surface area (Å²) in [5, 5.41) is 0.692. The summed E-state index contributed by atoms with van der Waals surface area (Å²) in [6.45, 7) is 3.48. The molecule has 1 atom stereocenters. The van der Waals surface area contributed by atoms with Crippen molar-refractivity contribution in [1.82, 2.24) is 0 Å². The Hall–Kier alpha value is -2.63. The zero-order valence-corrected chi connectivity index (χ0v) is 17.6. The number of anilines is 1. The van der Waals surface area contributed by atoms with Crippen molar-refractivity contribution in [3.63, 3.8) is 0 Å². The number of piperidine rings is 1. The normalized spacial score (nSPS) is 16.0. The van der Waals surface area contributed by atoms with Gasteiger partial charge in [-0.15, -0.1) is 0 Å². The molecule has 1 fully saturated rings. The summed E-state index contributed by atoms with van der Waals surface area (Å²) in [4.78, 5) is 25.7. The highest BCUT2D eigenvalue weighted by molar-refractivity contribution is 6.30. The van der Waals surface area contributed by atoms with E-state index >= 15 is 0 Å². The van der Waals surface area contributed by atoms with Crippen molar-refractivity contribution in [2.24, 2.45) is 0 Å². The molecule has 0 spiro atoms. The van der Waals surface area contributed by atoms with E-state index in [-0.39, 0.29) is 18.0 Å². The van der Waals surface area contributed by atoms with E-state index in [9.17, 15) is 9.59 Å². The van der Waals surface area contributed by atoms with Crippen molar-refractivity contribution >= 4 is 17.3 Å². The molecule has 30 heavy (non-hydrogen) atoms. The summed E-state index contributed by atoms with van der Waals surface area (Å²) in [7, 11) is 0. The van der Waals surface area contributed by atoms with E-state index in [1.54, 1.807) is 6.92 Å². The summed E-state index contributed by atoms with van der Waals surface area (Å²) in [6.07, 6.45) is 1.39. The number of hydrogen-bond acceptors (Lipinski definition) is 5. The highest BCUT2D eigenvalue weighted by Gasteiger charge is 2.31. The number of ether oxygens (including phenoxy) is 2. The molecule has 0 N–H and O–H groups in total. The monoisotopic (exact) mass is 425 g/mol. The Balaban J connectivity index is 1.47. The molecule has 0 aliphatic carbocycles. The van der Waals surface area contributed by atoms with E-state index in [0.717, 1.165) is 24.0 Å². The van der Waals surface area contributed by atoms with E-state index in [4.69, 9.17) is 21.1 Å². The Labute approximate surface area is 180 Å².